The highest BCUT2D eigenvalue weighted by Gasteiger charge is 2.32. The zero-order valence-corrected chi connectivity index (χ0v) is 19.7. The fourth-order valence-electron chi connectivity index (χ4n) is 2.55. The summed E-state index contributed by atoms with van der Waals surface area (Å²) in [5.41, 5.74) is 6.04. The van der Waals surface area contributed by atoms with Crippen LogP contribution in [0.2, 0.25) is 0 Å². The first-order chi connectivity index (χ1) is 15.3. The predicted octanol–water partition coefficient (Wildman–Crippen LogP) is 2.71. The van der Waals surface area contributed by atoms with Gasteiger partial charge < -0.3 is 24.7 Å². The van der Waals surface area contributed by atoms with Crippen LogP contribution >= 0.6 is 0 Å². The Morgan fingerprint density at radius 3 is 1.97 bits per heavy atom. The summed E-state index contributed by atoms with van der Waals surface area (Å²) >= 11 is 0. The standard InChI is InChI=1S/C23H38N2O7/c1-5-11-28-12-13-29-14-15-30-16-17-31-25(23(2,3)4)22(27)32-21(26)20(24)18-19-9-7-6-8-10-19/h6-10,20H,5,11-18,24H2,1-4H3/t20-/m0/s1. The second-order valence-corrected chi connectivity index (χ2v) is 8.12. The minimum Gasteiger partial charge on any atom is -0.379 e. The van der Waals surface area contributed by atoms with Gasteiger partial charge in [-0.3, -0.25) is 4.84 Å². The van der Waals surface area contributed by atoms with Crippen molar-refractivity contribution in [3.63, 3.8) is 0 Å². The molecule has 32 heavy (non-hydrogen) atoms. The SMILES string of the molecule is CCCOCCOCCOCCON(C(=O)OC(=O)[C@@H](N)Cc1ccccc1)C(C)(C)C. The summed E-state index contributed by atoms with van der Waals surface area (Å²) in [4.78, 5) is 30.3. The van der Waals surface area contributed by atoms with Crippen LogP contribution in [-0.4, -0.2) is 75.0 Å². The zero-order valence-electron chi connectivity index (χ0n) is 19.7. The number of ether oxygens (including phenoxy) is 4. The third-order valence-electron chi connectivity index (χ3n) is 4.10. The Bertz CT molecular complexity index is 649. The molecule has 1 atom stereocenters. The molecule has 1 rings (SSSR count). The number of carbonyl (C=O) groups is 2. The summed E-state index contributed by atoms with van der Waals surface area (Å²) in [6, 6.07) is 8.32. The van der Waals surface area contributed by atoms with Crippen LogP contribution in [0.5, 0.6) is 0 Å². The highest BCUT2D eigenvalue weighted by Crippen LogP contribution is 2.16. The smallest absolute Gasteiger partial charge is 0.379 e. The Hall–Kier alpha value is -2.04. The number of hydrogen-bond acceptors (Lipinski definition) is 8. The molecule has 0 saturated carbocycles. The average molecular weight is 455 g/mol. The van der Waals surface area contributed by atoms with Gasteiger partial charge in [0.2, 0.25) is 0 Å². The van der Waals surface area contributed by atoms with Gasteiger partial charge in [-0.1, -0.05) is 37.3 Å². The Labute approximate surface area is 191 Å². The molecule has 9 nitrogen and oxygen atoms in total. The fourth-order valence-corrected chi connectivity index (χ4v) is 2.55. The molecule has 0 fully saturated rings. The quantitative estimate of drug-likeness (QED) is 0.186. The molecule has 1 aromatic carbocycles. The van der Waals surface area contributed by atoms with Gasteiger partial charge in [0.15, 0.2) is 0 Å². The number of rotatable bonds is 15. The van der Waals surface area contributed by atoms with Crippen molar-refractivity contribution in [2.75, 3.05) is 46.2 Å². The minimum atomic E-state index is -0.959. The van der Waals surface area contributed by atoms with E-state index < -0.39 is 23.6 Å². The average Bonchev–Trinajstić information content (AvgIpc) is 2.74. The number of nitrogens with two attached hydrogens (primary N) is 1. The minimum absolute atomic E-state index is 0.107. The molecule has 0 aliphatic heterocycles. The first-order valence-corrected chi connectivity index (χ1v) is 11.0. The number of hydroxylamine groups is 2. The lowest BCUT2D eigenvalue weighted by atomic mass is 10.1. The summed E-state index contributed by atoms with van der Waals surface area (Å²) in [5.74, 6) is -0.812. The molecule has 2 N–H and O–H groups in total. The van der Waals surface area contributed by atoms with E-state index in [1.165, 1.54) is 0 Å². The predicted molar refractivity (Wildman–Crippen MR) is 120 cm³/mol. The Kier molecular flexibility index (Phi) is 13.7. The molecular formula is C23H38N2O7. The van der Waals surface area contributed by atoms with Gasteiger partial charge in [0.05, 0.1) is 45.2 Å². The van der Waals surface area contributed by atoms with Crippen LogP contribution in [0.1, 0.15) is 39.7 Å². The largest absolute Gasteiger partial charge is 0.442 e. The van der Waals surface area contributed by atoms with Crippen molar-refractivity contribution in [2.45, 2.75) is 52.1 Å². The summed E-state index contributed by atoms with van der Waals surface area (Å²) in [6.07, 6.45) is 0.336. The third kappa shape index (κ3) is 12.1. The first-order valence-electron chi connectivity index (χ1n) is 11.0. The third-order valence-corrected chi connectivity index (χ3v) is 4.10. The lowest BCUT2D eigenvalue weighted by molar-refractivity contribution is -0.193. The maximum atomic E-state index is 12.5. The van der Waals surface area contributed by atoms with Crippen molar-refractivity contribution >= 4 is 12.1 Å². The van der Waals surface area contributed by atoms with Gasteiger partial charge in [-0.25, -0.2) is 9.59 Å². The molecule has 0 aromatic heterocycles. The summed E-state index contributed by atoms with van der Waals surface area (Å²) in [7, 11) is 0. The lowest BCUT2D eigenvalue weighted by Gasteiger charge is -2.32. The molecule has 9 heteroatoms. The molecule has 0 aliphatic carbocycles. The van der Waals surface area contributed by atoms with Crippen LogP contribution in [-0.2, 0) is 35.0 Å². The van der Waals surface area contributed by atoms with Gasteiger partial charge in [0.1, 0.15) is 6.04 Å². The Morgan fingerprint density at radius 1 is 0.906 bits per heavy atom. The van der Waals surface area contributed by atoms with Crippen molar-refractivity contribution in [3.8, 4) is 0 Å². The van der Waals surface area contributed by atoms with Crippen LogP contribution in [0.4, 0.5) is 4.79 Å². The molecule has 0 radical (unpaired) electrons. The van der Waals surface area contributed by atoms with Gasteiger partial charge in [0.25, 0.3) is 0 Å². The monoisotopic (exact) mass is 454 g/mol. The summed E-state index contributed by atoms with van der Waals surface area (Å²) < 4.78 is 21.1. The zero-order chi connectivity index (χ0) is 23.8. The number of amides is 1. The van der Waals surface area contributed by atoms with Gasteiger partial charge in [-0.2, -0.15) is 5.06 Å². The van der Waals surface area contributed by atoms with Gasteiger partial charge in [-0.15, -0.1) is 0 Å². The first kappa shape index (κ1) is 28.0. The molecule has 182 valence electrons. The molecule has 0 unspecified atom stereocenters. The molecule has 1 aromatic rings. The van der Waals surface area contributed by atoms with E-state index in [1.54, 1.807) is 20.8 Å². The normalized spacial score (nSPS) is 12.4. The van der Waals surface area contributed by atoms with Crippen LogP contribution in [0.3, 0.4) is 0 Å². The fraction of sp³-hybridized carbons (Fsp3) is 0.652. The van der Waals surface area contributed by atoms with Gasteiger partial charge >= 0.3 is 12.1 Å². The van der Waals surface area contributed by atoms with Crippen LogP contribution in [0.25, 0.3) is 0 Å². The maximum Gasteiger partial charge on any atom is 0.442 e. The molecular weight excluding hydrogens is 416 g/mol. The highest BCUT2D eigenvalue weighted by molar-refractivity contribution is 5.87. The van der Waals surface area contributed by atoms with Crippen molar-refractivity contribution in [2.24, 2.45) is 5.73 Å². The van der Waals surface area contributed by atoms with E-state index in [0.717, 1.165) is 23.7 Å². The molecule has 0 aliphatic rings. The molecule has 0 spiro atoms. The van der Waals surface area contributed by atoms with Crippen LogP contribution in [0, 0.1) is 0 Å². The topological polar surface area (TPSA) is 110 Å². The van der Waals surface area contributed by atoms with E-state index in [9.17, 15) is 9.59 Å². The summed E-state index contributed by atoms with van der Waals surface area (Å²) in [5, 5.41) is 1.02. The van der Waals surface area contributed by atoms with Gasteiger partial charge in [0, 0.05) is 6.61 Å². The van der Waals surface area contributed by atoms with E-state index in [1.807, 2.05) is 30.3 Å². The number of nitrogens with zero attached hydrogens (tertiary/aromatic N) is 1. The number of esters is 1. The molecule has 0 saturated heterocycles. The van der Waals surface area contributed by atoms with Crippen molar-refractivity contribution in [1.29, 1.82) is 0 Å². The maximum absolute atomic E-state index is 12.5. The number of hydrogen-bond donors (Lipinski definition) is 1. The second-order valence-electron chi connectivity index (χ2n) is 8.12. The Morgan fingerprint density at radius 2 is 1.44 bits per heavy atom. The van der Waals surface area contributed by atoms with E-state index >= 15 is 0 Å². The number of carbonyl (C=O) groups excluding carboxylic acids is 2. The lowest BCUT2D eigenvalue weighted by Crippen LogP contribution is -2.48. The summed E-state index contributed by atoms with van der Waals surface area (Å²) in [6.45, 7) is 10.3. The van der Waals surface area contributed by atoms with E-state index in [-0.39, 0.29) is 19.6 Å². The number of benzene rings is 1. The van der Waals surface area contributed by atoms with E-state index in [2.05, 4.69) is 6.92 Å². The molecule has 0 bridgehead atoms. The van der Waals surface area contributed by atoms with E-state index in [4.69, 9.17) is 29.5 Å². The molecule has 0 heterocycles. The van der Waals surface area contributed by atoms with Crippen LogP contribution < -0.4 is 5.73 Å². The van der Waals surface area contributed by atoms with Crippen molar-refractivity contribution in [3.05, 3.63) is 35.9 Å². The van der Waals surface area contributed by atoms with Crippen molar-refractivity contribution in [1.82, 2.24) is 5.06 Å². The molecule has 1 amide bonds. The van der Waals surface area contributed by atoms with Crippen molar-refractivity contribution < 1.29 is 33.4 Å². The van der Waals surface area contributed by atoms with Crippen LogP contribution in [0.15, 0.2) is 30.3 Å². The van der Waals surface area contributed by atoms with E-state index in [0.29, 0.717) is 26.4 Å². The highest BCUT2D eigenvalue weighted by atomic mass is 16.7. The second kappa shape index (κ2) is 15.7. The van der Waals surface area contributed by atoms with Gasteiger partial charge in [-0.05, 0) is 39.2 Å². The Balaban J connectivity index is 2.32.